The molecular weight excluding hydrogens is 394 g/mol. The number of nitrogens with zero attached hydrogens (tertiary/aromatic N) is 1. The molecule has 1 aromatic carbocycles. The molecule has 1 amide bonds. The van der Waals surface area contributed by atoms with Crippen LogP contribution in [0.5, 0.6) is 0 Å². The molecule has 2 aliphatic heterocycles. The van der Waals surface area contributed by atoms with Crippen molar-refractivity contribution in [1.29, 1.82) is 0 Å². The van der Waals surface area contributed by atoms with Gasteiger partial charge in [-0.25, -0.2) is 4.79 Å². The third kappa shape index (κ3) is 2.57. The van der Waals surface area contributed by atoms with Gasteiger partial charge in [-0.3, -0.25) is 4.79 Å². The van der Waals surface area contributed by atoms with Gasteiger partial charge in [0.15, 0.2) is 4.32 Å². The van der Waals surface area contributed by atoms with Crippen molar-refractivity contribution in [3.63, 3.8) is 0 Å². The minimum absolute atomic E-state index is 0.180. The number of β-lactam (4-membered cyclic amide) rings is 1. The lowest BCUT2D eigenvalue weighted by atomic mass is 9.88. The summed E-state index contributed by atoms with van der Waals surface area (Å²) in [6.07, 6.45) is -0.839. The van der Waals surface area contributed by atoms with E-state index in [0.29, 0.717) is 0 Å². The van der Waals surface area contributed by atoms with E-state index in [1.54, 1.807) is 11.8 Å². The second kappa shape index (κ2) is 6.04. The maximum atomic E-state index is 12.6. The Morgan fingerprint density at radius 2 is 2.04 bits per heavy atom. The summed E-state index contributed by atoms with van der Waals surface area (Å²) < 4.78 is 3.94. The van der Waals surface area contributed by atoms with Crippen molar-refractivity contribution >= 4 is 39.6 Å². The van der Waals surface area contributed by atoms with Gasteiger partial charge in [-0.05, 0) is 26.3 Å². The van der Waals surface area contributed by atoms with Crippen LogP contribution in [0.3, 0.4) is 0 Å². The molecule has 0 spiro atoms. The topological polar surface area (TPSA) is 66.8 Å². The highest BCUT2D eigenvalue weighted by atomic mass is 79.9. The first-order valence-electron chi connectivity index (χ1n) is 7.77. The number of aliphatic hydroxyl groups is 1. The molecule has 7 heteroatoms. The van der Waals surface area contributed by atoms with Crippen LogP contribution in [0.4, 0.5) is 0 Å². The Kier molecular flexibility index (Phi) is 4.47. The lowest BCUT2D eigenvalue weighted by Crippen LogP contribution is -2.74. The fourth-order valence-corrected chi connectivity index (χ4v) is 5.64. The predicted molar refractivity (Wildman–Crippen MR) is 95.7 cm³/mol. The number of esters is 1. The number of benzene rings is 1. The number of carbonyl (C=O) groups is 2. The van der Waals surface area contributed by atoms with Crippen LogP contribution in [0.25, 0.3) is 0 Å². The Labute approximate surface area is 153 Å². The first kappa shape index (κ1) is 17.8. The van der Waals surface area contributed by atoms with Crippen LogP contribution in [0.1, 0.15) is 26.3 Å². The van der Waals surface area contributed by atoms with Crippen LogP contribution in [-0.4, -0.2) is 48.5 Å². The summed E-state index contributed by atoms with van der Waals surface area (Å²) in [5.41, 5.74) is 0.902. The first-order chi connectivity index (χ1) is 11.2. The third-order valence-corrected chi connectivity index (χ3v) is 7.97. The van der Waals surface area contributed by atoms with E-state index < -0.39 is 27.2 Å². The van der Waals surface area contributed by atoms with Crippen LogP contribution < -0.4 is 0 Å². The predicted octanol–water partition coefficient (Wildman–Crippen LogP) is 2.31. The van der Waals surface area contributed by atoms with E-state index >= 15 is 0 Å². The van der Waals surface area contributed by atoms with E-state index in [9.17, 15) is 14.7 Å². The zero-order valence-corrected chi connectivity index (χ0v) is 16.1. The van der Waals surface area contributed by atoms with Gasteiger partial charge < -0.3 is 14.7 Å². The van der Waals surface area contributed by atoms with Crippen LogP contribution >= 0.6 is 27.7 Å². The van der Waals surface area contributed by atoms with Crippen molar-refractivity contribution in [3.8, 4) is 0 Å². The number of alkyl halides is 1. The average Bonchev–Trinajstić information content (AvgIpc) is 2.82. The normalized spacial score (nSPS) is 32.0. The molecule has 3 rings (SSSR count). The number of fused-ring (bicyclic) bond motifs is 1. The van der Waals surface area contributed by atoms with Gasteiger partial charge in [0.25, 0.3) is 0 Å². The van der Waals surface area contributed by atoms with Crippen LogP contribution in [0.15, 0.2) is 30.3 Å². The minimum atomic E-state index is -1.02. The van der Waals surface area contributed by atoms with Crippen molar-refractivity contribution in [1.82, 2.24) is 4.90 Å². The minimum Gasteiger partial charge on any atom is -0.459 e. The molecule has 2 saturated heterocycles. The molecule has 0 aromatic heterocycles. The highest BCUT2D eigenvalue weighted by molar-refractivity contribution is 9.10. The summed E-state index contributed by atoms with van der Waals surface area (Å²) in [5, 5.41) is 9.69. The van der Waals surface area contributed by atoms with E-state index in [1.165, 1.54) is 11.8 Å². The standard InChI is InChI=1S/C17H20BrNO4S/c1-10(20)17(18)14(22)19-12(16(2,3)24-15(17)19)13(21)23-9-11-7-5-4-6-8-11/h4-8,10,12,15,20H,9H2,1-3H3/t10?,12-,15+,17?/m0/s1. The quantitative estimate of drug-likeness (QED) is 0.465. The smallest absolute Gasteiger partial charge is 0.330 e. The number of hydrogen-bond acceptors (Lipinski definition) is 5. The van der Waals surface area contributed by atoms with Crippen molar-refractivity contribution in [2.45, 2.75) is 54.0 Å². The van der Waals surface area contributed by atoms with Crippen LogP contribution in [-0.2, 0) is 20.9 Å². The van der Waals surface area contributed by atoms with Gasteiger partial charge in [-0.2, -0.15) is 0 Å². The monoisotopic (exact) mass is 413 g/mol. The molecule has 5 nitrogen and oxygen atoms in total. The molecule has 1 N–H and O–H groups in total. The van der Waals surface area contributed by atoms with Gasteiger partial charge in [-0.1, -0.05) is 46.3 Å². The van der Waals surface area contributed by atoms with Gasteiger partial charge in [0.05, 0.1) is 6.10 Å². The second-order valence-electron chi connectivity index (χ2n) is 6.73. The van der Waals surface area contributed by atoms with Crippen molar-refractivity contribution in [3.05, 3.63) is 35.9 Å². The summed E-state index contributed by atoms with van der Waals surface area (Å²) in [6.45, 7) is 5.61. The Bertz CT molecular complexity index is 666. The second-order valence-corrected chi connectivity index (χ2v) is 9.77. The van der Waals surface area contributed by atoms with Gasteiger partial charge >= 0.3 is 5.97 Å². The van der Waals surface area contributed by atoms with E-state index in [1.807, 2.05) is 44.2 Å². The summed E-state index contributed by atoms with van der Waals surface area (Å²) in [5.74, 6) is -0.672. The zero-order valence-electron chi connectivity index (χ0n) is 13.7. The molecule has 24 heavy (non-hydrogen) atoms. The first-order valence-corrected chi connectivity index (χ1v) is 9.45. The molecular formula is C17H20BrNO4S. The van der Waals surface area contributed by atoms with E-state index in [-0.39, 0.29) is 17.9 Å². The van der Waals surface area contributed by atoms with E-state index in [0.717, 1.165) is 5.56 Å². The van der Waals surface area contributed by atoms with Gasteiger partial charge in [0.1, 0.15) is 18.0 Å². The number of halogens is 1. The average molecular weight is 414 g/mol. The number of thioether (sulfide) groups is 1. The molecule has 130 valence electrons. The number of amides is 1. The van der Waals surface area contributed by atoms with Crippen molar-refractivity contribution in [2.24, 2.45) is 0 Å². The number of rotatable bonds is 4. The SMILES string of the molecule is CC(O)C1(Br)C(=O)N2[C@@H](C(=O)OCc3ccccc3)C(C)(C)S[C@@H]21. The highest BCUT2D eigenvalue weighted by Gasteiger charge is 2.72. The molecule has 2 fully saturated rings. The molecule has 1 aromatic rings. The summed E-state index contributed by atoms with van der Waals surface area (Å²) >= 11 is 4.91. The largest absolute Gasteiger partial charge is 0.459 e. The molecule has 2 unspecified atom stereocenters. The molecule has 2 aliphatic rings. The van der Waals surface area contributed by atoms with Crippen molar-refractivity contribution < 1.29 is 19.4 Å². The molecule has 0 saturated carbocycles. The molecule has 0 bridgehead atoms. The van der Waals surface area contributed by atoms with Crippen LogP contribution in [0.2, 0.25) is 0 Å². The maximum Gasteiger partial charge on any atom is 0.330 e. The lowest BCUT2D eigenvalue weighted by Gasteiger charge is -2.51. The molecule has 2 heterocycles. The van der Waals surface area contributed by atoms with Gasteiger partial charge in [0.2, 0.25) is 5.91 Å². The van der Waals surface area contributed by atoms with Crippen molar-refractivity contribution in [2.75, 3.05) is 0 Å². The van der Waals surface area contributed by atoms with Gasteiger partial charge in [0, 0.05) is 4.75 Å². The Balaban J connectivity index is 1.76. The van der Waals surface area contributed by atoms with E-state index in [4.69, 9.17) is 4.74 Å². The molecule has 0 aliphatic carbocycles. The van der Waals surface area contributed by atoms with Crippen LogP contribution in [0, 0.1) is 0 Å². The Morgan fingerprint density at radius 3 is 2.62 bits per heavy atom. The number of hydrogen-bond donors (Lipinski definition) is 1. The fourth-order valence-electron chi connectivity index (χ4n) is 3.22. The number of aliphatic hydroxyl groups excluding tert-OH is 1. The number of carbonyl (C=O) groups excluding carboxylic acids is 2. The molecule has 0 radical (unpaired) electrons. The third-order valence-electron chi connectivity index (χ3n) is 4.58. The number of ether oxygens (including phenoxy) is 1. The zero-order chi connectivity index (χ0) is 17.7. The Hall–Kier alpha value is -1.05. The van der Waals surface area contributed by atoms with E-state index in [2.05, 4.69) is 15.9 Å². The summed E-state index contributed by atoms with van der Waals surface area (Å²) in [6, 6.07) is 8.78. The molecule has 4 atom stereocenters. The summed E-state index contributed by atoms with van der Waals surface area (Å²) in [4.78, 5) is 26.8. The fraction of sp³-hybridized carbons (Fsp3) is 0.529. The Morgan fingerprint density at radius 1 is 1.42 bits per heavy atom. The summed E-state index contributed by atoms with van der Waals surface area (Å²) in [7, 11) is 0. The highest BCUT2D eigenvalue weighted by Crippen LogP contribution is 2.59. The van der Waals surface area contributed by atoms with Gasteiger partial charge in [-0.15, -0.1) is 11.8 Å². The maximum absolute atomic E-state index is 12.6. The lowest BCUT2D eigenvalue weighted by molar-refractivity contribution is -0.167.